The number of benzene rings is 2. The molecule has 2 aromatic carbocycles. The first-order chi connectivity index (χ1) is 26.4. The molecule has 1 amide bonds. The number of rotatable bonds is 6. The van der Waals surface area contributed by atoms with Gasteiger partial charge in [0.2, 0.25) is 11.8 Å². The van der Waals surface area contributed by atoms with E-state index >= 15 is 0 Å². The normalized spacial score (nSPS) is 15.3. The van der Waals surface area contributed by atoms with Gasteiger partial charge in [0, 0.05) is 56.0 Å². The molecule has 1 spiro atoms. The lowest BCUT2D eigenvalue weighted by Crippen LogP contribution is -2.69. The number of fused-ring (bicyclic) bond motifs is 2. The Morgan fingerprint density at radius 3 is 2.25 bits per heavy atom. The molecule has 16 heteroatoms. The monoisotopic (exact) mass is 795 g/mol. The van der Waals surface area contributed by atoms with Crippen LogP contribution in [0, 0.1) is 0 Å². The summed E-state index contributed by atoms with van der Waals surface area (Å²) >= 11 is 13.9. The number of alkyl halides is 2. The SMILES string of the molecule is CC.COc1nc(-c2cccc(-c3cccc(Nc4nc(C(F)F)cc5c4c(=O)n(C)c(=O)n5C)c3Cl)c2Cl)cc2c1CCC2.O=C1COC2(CNC2)CN1. The number of hydrogen-bond donors (Lipinski definition) is 3. The number of carbonyl (C=O) groups is 1. The summed E-state index contributed by atoms with van der Waals surface area (Å²) in [6.45, 7) is 6.63. The molecule has 0 radical (unpaired) electrons. The van der Waals surface area contributed by atoms with Crippen molar-refractivity contribution in [2.24, 2.45) is 14.1 Å². The topological polar surface area (TPSA) is 141 Å². The second kappa shape index (κ2) is 16.5. The Balaban J connectivity index is 0.000000365. The van der Waals surface area contributed by atoms with Crippen molar-refractivity contribution in [3.63, 3.8) is 0 Å². The number of nitrogens with one attached hydrogen (secondary N) is 3. The Bertz CT molecular complexity index is 2390. The molecule has 8 rings (SSSR count). The predicted molar refractivity (Wildman–Crippen MR) is 210 cm³/mol. The zero-order valence-electron chi connectivity index (χ0n) is 31.0. The van der Waals surface area contributed by atoms with Crippen LogP contribution in [0.3, 0.4) is 0 Å². The first kappa shape index (κ1) is 39.8. The molecule has 0 saturated carbocycles. The van der Waals surface area contributed by atoms with Crippen LogP contribution in [-0.4, -0.2) is 64.0 Å². The third kappa shape index (κ3) is 7.68. The molecule has 0 bridgehead atoms. The molecule has 3 aromatic heterocycles. The fourth-order valence-corrected chi connectivity index (χ4v) is 7.38. The second-order valence-electron chi connectivity index (χ2n) is 13.1. The molecule has 0 unspecified atom stereocenters. The van der Waals surface area contributed by atoms with E-state index in [0.717, 1.165) is 53.1 Å². The fourth-order valence-electron chi connectivity index (χ4n) is 6.78. The summed E-state index contributed by atoms with van der Waals surface area (Å²) in [5.74, 6) is 0.431. The van der Waals surface area contributed by atoms with Crippen LogP contribution in [0.1, 0.15) is 43.5 Å². The van der Waals surface area contributed by atoms with Crippen LogP contribution in [0.5, 0.6) is 5.88 Å². The molecule has 3 aliphatic rings. The zero-order chi connectivity index (χ0) is 39.6. The van der Waals surface area contributed by atoms with Crippen molar-refractivity contribution in [3.8, 4) is 28.3 Å². The molecule has 2 saturated heterocycles. The number of aryl methyl sites for hydroxylation is 2. The van der Waals surface area contributed by atoms with Crippen LogP contribution in [-0.2, 0) is 36.5 Å². The molecule has 2 fully saturated rings. The van der Waals surface area contributed by atoms with Gasteiger partial charge in [-0.05, 0) is 43.0 Å². The summed E-state index contributed by atoms with van der Waals surface area (Å²) in [7, 11) is 4.31. The van der Waals surface area contributed by atoms with Gasteiger partial charge in [-0.25, -0.2) is 23.5 Å². The maximum absolute atomic E-state index is 13.8. The summed E-state index contributed by atoms with van der Waals surface area (Å²) in [6, 6.07) is 13.7. The lowest BCUT2D eigenvalue weighted by atomic mass is 9.96. The van der Waals surface area contributed by atoms with Gasteiger partial charge in [0.15, 0.2) is 0 Å². The third-order valence-corrected chi connectivity index (χ3v) is 10.6. The molecule has 3 N–H and O–H groups in total. The van der Waals surface area contributed by atoms with Gasteiger partial charge in [-0.15, -0.1) is 0 Å². The second-order valence-corrected chi connectivity index (χ2v) is 13.9. The number of methoxy groups -OCH3 is 1. The van der Waals surface area contributed by atoms with Gasteiger partial charge >= 0.3 is 5.69 Å². The van der Waals surface area contributed by atoms with Crippen LogP contribution >= 0.6 is 23.2 Å². The number of morpholine rings is 1. The quantitative estimate of drug-likeness (QED) is 0.179. The molecule has 290 valence electrons. The van der Waals surface area contributed by atoms with Gasteiger partial charge in [-0.1, -0.05) is 67.4 Å². The number of anilines is 2. The highest BCUT2D eigenvalue weighted by atomic mass is 35.5. The Kier molecular flexibility index (Phi) is 11.9. The number of aromatic nitrogens is 4. The van der Waals surface area contributed by atoms with E-state index in [2.05, 4.69) is 20.9 Å². The lowest BCUT2D eigenvalue weighted by molar-refractivity contribution is -0.150. The van der Waals surface area contributed by atoms with Crippen molar-refractivity contribution in [2.45, 2.75) is 45.1 Å². The summed E-state index contributed by atoms with van der Waals surface area (Å²) in [6.07, 6.45) is -0.0573. The Morgan fingerprint density at radius 2 is 1.62 bits per heavy atom. The fraction of sp³-hybridized carbons (Fsp3) is 0.359. The smallest absolute Gasteiger partial charge is 0.330 e. The lowest BCUT2D eigenvalue weighted by Gasteiger charge is -2.44. The van der Waals surface area contributed by atoms with Crippen molar-refractivity contribution in [1.29, 1.82) is 0 Å². The predicted octanol–water partition coefficient (Wildman–Crippen LogP) is 6.35. The number of hydrogen-bond acceptors (Lipinski definition) is 9. The molecular formula is C39H41Cl2F2N7O5. The molecule has 12 nitrogen and oxygen atoms in total. The van der Waals surface area contributed by atoms with Crippen molar-refractivity contribution in [1.82, 2.24) is 29.7 Å². The van der Waals surface area contributed by atoms with E-state index in [1.165, 1.54) is 19.7 Å². The molecule has 2 aliphatic heterocycles. The molecular weight excluding hydrogens is 755 g/mol. The summed E-state index contributed by atoms with van der Waals surface area (Å²) in [5.41, 5.74) is 3.16. The standard InChI is InChI=1S/C31H25Cl2F2N5O3.C6H10N2O2.C2H6/c1-39-23-14-22(27(34)35)37-28(24(23)30(41)40(2)31(39)42)36-20-12-6-10-18(26(20)33)17-9-5-11-19(25(17)32)21-13-15-7-4-8-16(15)29(38-21)43-3;9-5-1-10-6(4-8-5)2-7-3-6;1-2/h5-6,9-14,27H,4,7-8H2,1-3H3,(H,36,37);7H,1-4H2,(H,8,9);1-2H3. The highest BCUT2D eigenvalue weighted by molar-refractivity contribution is 6.39. The molecule has 0 atom stereocenters. The van der Waals surface area contributed by atoms with Gasteiger partial charge in [0.05, 0.1) is 34.1 Å². The molecule has 5 aromatic rings. The summed E-state index contributed by atoms with van der Waals surface area (Å²) in [4.78, 5) is 45.0. The van der Waals surface area contributed by atoms with E-state index in [9.17, 15) is 23.2 Å². The van der Waals surface area contributed by atoms with Gasteiger partial charge in [0.25, 0.3) is 12.0 Å². The van der Waals surface area contributed by atoms with E-state index in [0.29, 0.717) is 45.5 Å². The van der Waals surface area contributed by atoms with Gasteiger partial charge < -0.3 is 25.4 Å². The Labute approximate surface area is 325 Å². The molecule has 1 aliphatic carbocycles. The van der Waals surface area contributed by atoms with E-state index in [-0.39, 0.29) is 39.9 Å². The number of ether oxygens (including phenoxy) is 2. The van der Waals surface area contributed by atoms with E-state index in [4.69, 9.17) is 37.7 Å². The summed E-state index contributed by atoms with van der Waals surface area (Å²) < 4.78 is 40.6. The first-order valence-corrected chi connectivity index (χ1v) is 18.6. The van der Waals surface area contributed by atoms with Crippen LogP contribution in [0.2, 0.25) is 10.0 Å². The number of nitrogens with zero attached hydrogens (tertiary/aromatic N) is 4. The van der Waals surface area contributed by atoms with Crippen LogP contribution < -0.4 is 31.9 Å². The largest absolute Gasteiger partial charge is 0.481 e. The number of pyridine rings is 2. The van der Waals surface area contributed by atoms with Crippen molar-refractivity contribution in [2.75, 3.05) is 38.7 Å². The van der Waals surface area contributed by atoms with Crippen molar-refractivity contribution in [3.05, 3.63) is 96.2 Å². The summed E-state index contributed by atoms with van der Waals surface area (Å²) in [5, 5.41) is 9.45. The van der Waals surface area contributed by atoms with E-state index in [1.807, 2.05) is 38.1 Å². The van der Waals surface area contributed by atoms with Crippen LogP contribution in [0.4, 0.5) is 20.3 Å². The van der Waals surface area contributed by atoms with E-state index < -0.39 is 23.4 Å². The van der Waals surface area contributed by atoms with Gasteiger partial charge in [-0.3, -0.25) is 18.7 Å². The number of halogens is 4. The first-order valence-electron chi connectivity index (χ1n) is 17.8. The maximum atomic E-state index is 13.8. The highest BCUT2D eigenvalue weighted by Crippen LogP contribution is 2.43. The van der Waals surface area contributed by atoms with Crippen LogP contribution in [0.15, 0.2) is 58.1 Å². The minimum atomic E-state index is -2.95. The highest BCUT2D eigenvalue weighted by Gasteiger charge is 2.41. The zero-order valence-corrected chi connectivity index (χ0v) is 32.5. The van der Waals surface area contributed by atoms with Crippen LogP contribution in [0.25, 0.3) is 33.3 Å². The molecule has 5 heterocycles. The minimum absolute atomic E-state index is 0.00229. The minimum Gasteiger partial charge on any atom is -0.481 e. The van der Waals surface area contributed by atoms with E-state index in [1.54, 1.807) is 25.3 Å². The Morgan fingerprint density at radius 1 is 0.927 bits per heavy atom. The van der Waals surface area contributed by atoms with Crippen molar-refractivity contribution < 1.29 is 23.0 Å². The average Bonchev–Trinajstić information content (AvgIpc) is 3.66. The number of carbonyl (C=O) groups excluding carboxylic acids is 1. The maximum Gasteiger partial charge on any atom is 0.330 e. The van der Waals surface area contributed by atoms with Gasteiger partial charge in [0.1, 0.15) is 29.1 Å². The molecule has 55 heavy (non-hydrogen) atoms. The number of amides is 1. The average molecular weight is 797 g/mol. The Hall–Kier alpha value is -4.89. The van der Waals surface area contributed by atoms with Crippen molar-refractivity contribution >= 4 is 51.5 Å². The van der Waals surface area contributed by atoms with Gasteiger partial charge in [-0.2, -0.15) is 0 Å². The third-order valence-electron chi connectivity index (χ3n) is 9.77.